The van der Waals surface area contributed by atoms with Gasteiger partial charge in [-0.25, -0.2) is 0 Å². The predicted octanol–water partition coefficient (Wildman–Crippen LogP) is 2.98. The monoisotopic (exact) mass is 358 g/mol. The summed E-state index contributed by atoms with van der Waals surface area (Å²) in [5.74, 6) is 0.339. The Hall–Kier alpha value is -1.26. The number of aliphatic hydroxyl groups is 2. The molecule has 1 unspecified atom stereocenters. The third-order valence-electron chi connectivity index (χ3n) is 8.50. The lowest BCUT2D eigenvalue weighted by atomic mass is 9.46. The van der Waals surface area contributed by atoms with Crippen molar-refractivity contribution in [2.75, 3.05) is 0 Å². The van der Waals surface area contributed by atoms with E-state index in [4.69, 9.17) is 0 Å². The second-order valence-electron chi connectivity index (χ2n) is 9.65. The van der Waals surface area contributed by atoms with Gasteiger partial charge in [-0.05, 0) is 68.4 Å². The summed E-state index contributed by atoms with van der Waals surface area (Å²) in [4.78, 5) is 24.3. The van der Waals surface area contributed by atoms with E-state index >= 15 is 0 Å². The van der Waals surface area contributed by atoms with Gasteiger partial charge in [0.15, 0.2) is 11.6 Å². The number of Topliss-reactive ketones (excluding diaryl/α,β-unsaturated/α-hetero) is 1. The topological polar surface area (TPSA) is 74.6 Å². The highest BCUT2D eigenvalue weighted by Crippen LogP contribution is 2.67. The summed E-state index contributed by atoms with van der Waals surface area (Å²) < 4.78 is 0. The van der Waals surface area contributed by atoms with E-state index in [-0.39, 0.29) is 34.7 Å². The van der Waals surface area contributed by atoms with Gasteiger partial charge >= 0.3 is 0 Å². The Morgan fingerprint density at radius 1 is 1.27 bits per heavy atom. The average Bonchev–Trinajstić information content (AvgIpc) is 2.81. The molecule has 0 heterocycles. The molecule has 0 spiro atoms. The van der Waals surface area contributed by atoms with Gasteiger partial charge in [0, 0.05) is 17.8 Å². The zero-order valence-electron chi connectivity index (χ0n) is 16.2. The molecular weight excluding hydrogens is 328 g/mol. The van der Waals surface area contributed by atoms with Crippen LogP contribution < -0.4 is 0 Å². The molecule has 4 heteroatoms. The Kier molecular flexibility index (Phi) is 3.75. The summed E-state index contributed by atoms with van der Waals surface area (Å²) in [5.41, 5.74) is 0.0483. The summed E-state index contributed by atoms with van der Waals surface area (Å²) in [6.45, 7) is 7.72. The maximum absolute atomic E-state index is 12.3. The Bertz CT molecular complexity index is 749. The summed E-state index contributed by atoms with van der Waals surface area (Å²) in [6.07, 6.45) is 6.43. The summed E-state index contributed by atoms with van der Waals surface area (Å²) in [6, 6.07) is 0. The molecule has 7 atom stereocenters. The van der Waals surface area contributed by atoms with Crippen LogP contribution in [0.25, 0.3) is 0 Å². The first-order chi connectivity index (χ1) is 12.0. The lowest BCUT2D eigenvalue weighted by molar-refractivity contribution is -0.171. The van der Waals surface area contributed by atoms with Gasteiger partial charge in [0.05, 0.1) is 6.10 Å². The van der Waals surface area contributed by atoms with Crippen molar-refractivity contribution in [2.24, 2.45) is 28.6 Å². The van der Waals surface area contributed by atoms with Crippen LogP contribution in [0.2, 0.25) is 0 Å². The lowest BCUT2D eigenvalue weighted by Crippen LogP contribution is -2.60. The van der Waals surface area contributed by atoms with Gasteiger partial charge in [-0.15, -0.1) is 0 Å². The van der Waals surface area contributed by atoms with Crippen molar-refractivity contribution in [3.8, 4) is 0 Å². The van der Waals surface area contributed by atoms with Crippen molar-refractivity contribution in [3.05, 3.63) is 23.3 Å². The average molecular weight is 358 g/mol. The van der Waals surface area contributed by atoms with Gasteiger partial charge in [0.2, 0.25) is 0 Å². The number of hydrogen-bond acceptors (Lipinski definition) is 4. The second-order valence-corrected chi connectivity index (χ2v) is 9.65. The number of ketones is 2. The minimum atomic E-state index is -1.34. The van der Waals surface area contributed by atoms with E-state index in [0.717, 1.165) is 24.0 Å². The van der Waals surface area contributed by atoms with Crippen molar-refractivity contribution in [2.45, 2.75) is 71.5 Å². The van der Waals surface area contributed by atoms with Crippen LogP contribution in [0.4, 0.5) is 0 Å². The lowest BCUT2D eigenvalue weighted by Gasteiger charge is -2.59. The van der Waals surface area contributed by atoms with E-state index in [1.54, 1.807) is 6.08 Å². The Balaban J connectivity index is 1.85. The number of hydrogen-bond donors (Lipinski definition) is 2. The molecule has 0 saturated heterocycles. The second kappa shape index (κ2) is 5.39. The molecule has 4 nitrogen and oxygen atoms in total. The Labute approximate surface area is 155 Å². The fourth-order valence-electron chi connectivity index (χ4n) is 7.13. The molecule has 2 N–H and O–H groups in total. The van der Waals surface area contributed by atoms with E-state index in [1.807, 2.05) is 6.92 Å². The predicted molar refractivity (Wildman–Crippen MR) is 98.3 cm³/mol. The smallest absolute Gasteiger partial charge is 0.161 e. The fraction of sp³-hybridized carbons (Fsp3) is 0.727. The largest absolute Gasteiger partial charge is 0.393 e. The van der Waals surface area contributed by atoms with Crippen LogP contribution in [0.3, 0.4) is 0 Å². The zero-order chi connectivity index (χ0) is 19.1. The minimum absolute atomic E-state index is 0.0398. The van der Waals surface area contributed by atoms with Gasteiger partial charge in [-0.3, -0.25) is 9.59 Å². The highest BCUT2D eigenvalue weighted by Gasteiger charge is 2.67. The van der Waals surface area contributed by atoms with E-state index in [2.05, 4.69) is 19.9 Å². The first-order valence-corrected chi connectivity index (χ1v) is 9.90. The quantitative estimate of drug-likeness (QED) is 0.756. The van der Waals surface area contributed by atoms with Gasteiger partial charge in [-0.1, -0.05) is 25.5 Å². The first kappa shape index (κ1) is 18.1. The molecule has 0 aromatic heterocycles. The van der Waals surface area contributed by atoms with E-state index in [0.29, 0.717) is 19.3 Å². The van der Waals surface area contributed by atoms with Gasteiger partial charge < -0.3 is 10.2 Å². The van der Waals surface area contributed by atoms with Crippen LogP contribution in [0.1, 0.15) is 59.8 Å². The van der Waals surface area contributed by atoms with Crippen molar-refractivity contribution in [3.63, 3.8) is 0 Å². The molecule has 2 fully saturated rings. The number of allylic oxidation sites excluding steroid dienone is 4. The molecule has 2 saturated carbocycles. The van der Waals surface area contributed by atoms with Crippen LogP contribution >= 0.6 is 0 Å². The van der Waals surface area contributed by atoms with E-state index < -0.39 is 17.1 Å². The number of carbonyl (C=O) groups excluding carboxylic acids is 2. The van der Waals surface area contributed by atoms with Crippen LogP contribution in [-0.2, 0) is 9.59 Å². The van der Waals surface area contributed by atoms with Crippen LogP contribution in [-0.4, -0.2) is 33.5 Å². The number of carbonyl (C=O) groups is 2. The molecule has 4 aliphatic rings. The third kappa shape index (κ3) is 2.03. The van der Waals surface area contributed by atoms with Crippen molar-refractivity contribution in [1.82, 2.24) is 0 Å². The molecule has 0 bridgehead atoms. The van der Waals surface area contributed by atoms with Crippen molar-refractivity contribution >= 4 is 11.6 Å². The standard InChI is InChI=1S/C22H30O4/c1-12-9-15-16-6-8-22(26,13(2)23)21(16,4)11-18(25)19(15)20(3)7-5-14(24)10-17(12)20/h9-10,15-16,18-19,25-26H,5-8,11H2,1-4H3/t15-,16-,18?,19+,20-,21-,22-/m0/s1. The Morgan fingerprint density at radius 3 is 2.62 bits per heavy atom. The first-order valence-electron chi connectivity index (χ1n) is 9.90. The summed E-state index contributed by atoms with van der Waals surface area (Å²) >= 11 is 0. The maximum atomic E-state index is 12.3. The zero-order valence-corrected chi connectivity index (χ0v) is 16.2. The number of fused-ring (bicyclic) bond motifs is 5. The van der Waals surface area contributed by atoms with E-state index in [1.165, 1.54) is 6.92 Å². The van der Waals surface area contributed by atoms with Gasteiger partial charge in [0.25, 0.3) is 0 Å². The molecule has 0 radical (unpaired) electrons. The van der Waals surface area contributed by atoms with Crippen LogP contribution in [0.15, 0.2) is 23.3 Å². The van der Waals surface area contributed by atoms with Crippen molar-refractivity contribution in [1.29, 1.82) is 0 Å². The van der Waals surface area contributed by atoms with Gasteiger partial charge in [0.1, 0.15) is 5.60 Å². The molecule has 4 aliphatic carbocycles. The minimum Gasteiger partial charge on any atom is -0.393 e. The summed E-state index contributed by atoms with van der Waals surface area (Å²) in [7, 11) is 0. The van der Waals surface area contributed by atoms with E-state index in [9.17, 15) is 19.8 Å². The molecule has 26 heavy (non-hydrogen) atoms. The Morgan fingerprint density at radius 2 is 1.96 bits per heavy atom. The number of rotatable bonds is 1. The highest BCUT2D eigenvalue weighted by atomic mass is 16.3. The molecule has 0 aromatic carbocycles. The third-order valence-corrected chi connectivity index (χ3v) is 8.50. The molecule has 0 aromatic rings. The van der Waals surface area contributed by atoms with Gasteiger partial charge in [-0.2, -0.15) is 0 Å². The highest BCUT2D eigenvalue weighted by molar-refractivity contribution is 5.92. The van der Waals surface area contributed by atoms with Crippen LogP contribution in [0, 0.1) is 28.6 Å². The van der Waals surface area contributed by atoms with Crippen LogP contribution in [0.5, 0.6) is 0 Å². The molecule has 4 rings (SSSR count). The molecule has 0 amide bonds. The summed E-state index contributed by atoms with van der Waals surface area (Å²) in [5, 5.41) is 22.4. The molecular formula is C22H30O4. The number of aliphatic hydroxyl groups excluding tert-OH is 1. The fourth-order valence-corrected chi connectivity index (χ4v) is 7.13. The van der Waals surface area contributed by atoms with Crippen molar-refractivity contribution < 1.29 is 19.8 Å². The molecule has 142 valence electrons. The maximum Gasteiger partial charge on any atom is 0.161 e. The molecule has 0 aliphatic heterocycles. The SMILES string of the molecule is CC(=O)[C@@]1(O)CC[C@H]2[C@@H]3C=C(C)C4=CC(=O)CC[C@]4(C)[C@H]3C(O)C[C@@]21C. The normalized spacial score (nSPS) is 50.3.